The molecule has 0 spiro atoms. The minimum atomic E-state index is 0.774. The second kappa shape index (κ2) is 8.34. The molecular formula is C17H28N2. The van der Waals surface area contributed by atoms with Gasteiger partial charge in [0.05, 0.1) is 0 Å². The molecule has 19 heavy (non-hydrogen) atoms. The van der Waals surface area contributed by atoms with Gasteiger partial charge in [-0.2, -0.15) is 0 Å². The van der Waals surface area contributed by atoms with E-state index in [1.165, 1.54) is 63.8 Å². The molecule has 2 heteroatoms. The Bertz CT molecular complexity index is 330. The second-order valence-electron chi connectivity index (χ2n) is 5.57. The Hall–Kier alpha value is -0.860. The van der Waals surface area contributed by atoms with Crippen molar-refractivity contribution in [1.82, 2.24) is 10.2 Å². The minimum absolute atomic E-state index is 0.774. The molecule has 1 atom stereocenters. The molecule has 0 aromatic heterocycles. The number of nitrogens with zero attached hydrogens (tertiary/aromatic N) is 1. The standard InChI is InChI=1S/C17H28N2/c1-2-19(17-12-8-13-18-15-17)14-7-6-11-16-9-4-3-5-10-16/h3-5,9-10,17-18H,2,6-8,11-15H2,1H3. The molecule has 1 heterocycles. The first kappa shape index (κ1) is 14.5. The van der Waals surface area contributed by atoms with Crippen LogP contribution in [0.3, 0.4) is 0 Å². The van der Waals surface area contributed by atoms with Gasteiger partial charge in [0.15, 0.2) is 0 Å². The lowest BCUT2D eigenvalue weighted by Crippen LogP contribution is -2.46. The lowest BCUT2D eigenvalue weighted by Gasteiger charge is -2.33. The molecule has 0 bridgehead atoms. The van der Waals surface area contributed by atoms with Crippen LogP contribution in [0.4, 0.5) is 0 Å². The van der Waals surface area contributed by atoms with Crippen LogP contribution in [0.15, 0.2) is 30.3 Å². The Balaban J connectivity index is 1.65. The Morgan fingerprint density at radius 1 is 1.21 bits per heavy atom. The maximum Gasteiger partial charge on any atom is 0.0220 e. The van der Waals surface area contributed by atoms with Crippen molar-refractivity contribution in [2.75, 3.05) is 26.2 Å². The van der Waals surface area contributed by atoms with Crippen LogP contribution in [0.1, 0.15) is 38.2 Å². The molecular weight excluding hydrogens is 232 g/mol. The van der Waals surface area contributed by atoms with Crippen LogP contribution >= 0.6 is 0 Å². The van der Waals surface area contributed by atoms with Gasteiger partial charge in [0.1, 0.15) is 0 Å². The van der Waals surface area contributed by atoms with E-state index < -0.39 is 0 Å². The maximum absolute atomic E-state index is 3.52. The average Bonchev–Trinajstić information content (AvgIpc) is 2.49. The molecule has 1 unspecified atom stereocenters. The predicted octanol–water partition coefficient (Wildman–Crippen LogP) is 3.08. The van der Waals surface area contributed by atoms with Crippen molar-refractivity contribution in [2.45, 2.75) is 45.1 Å². The molecule has 1 aromatic carbocycles. The van der Waals surface area contributed by atoms with Gasteiger partial charge in [-0.05, 0) is 57.3 Å². The van der Waals surface area contributed by atoms with Gasteiger partial charge in [0, 0.05) is 12.6 Å². The lowest BCUT2D eigenvalue weighted by atomic mass is 10.0. The Morgan fingerprint density at radius 3 is 2.74 bits per heavy atom. The van der Waals surface area contributed by atoms with E-state index in [0.29, 0.717) is 0 Å². The van der Waals surface area contributed by atoms with Crippen molar-refractivity contribution >= 4 is 0 Å². The van der Waals surface area contributed by atoms with Crippen LogP contribution in [0.25, 0.3) is 0 Å². The van der Waals surface area contributed by atoms with E-state index in [-0.39, 0.29) is 0 Å². The third-order valence-electron chi connectivity index (χ3n) is 4.20. The molecule has 0 saturated carbocycles. The van der Waals surface area contributed by atoms with Crippen LogP contribution in [-0.2, 0) is 6.42 Å². The van der Waals surface area contributed by atoms with Crippen LogP contribution in [0.2, 0.25) is 0 Å². The van der Waals surface area contributed by atoms with Crippen LogP contribution < -0.4 is 5.32 Å². The number of rotatable bonds is 7. The summed E-state index contributed by atoms with van der Waals surface area (Å²) in [6.07, 6.45) is 6.56. The van der Waals surface area contributed by atoms with Crippen LogP contribution in [-0.4, -0.2) is 37.1 Å². The third kappa shape index (κ3) is 4.96. The number of unbranched alkanes of at least 4 members (excludes halogenated alkanes) is 1. The second-order valence-corrected chi connectivity index (χ2v) is 5.57. The molecule has 1 aromatic rings. The van der Waals surface area contributed by atoms with Crippen molar-refractivity contribution in [3.05, 3.63) is 35.9 Å². The smallest absolute Gasteiger partial charge is 0.0220 e. The summed E-state index contributed by atoms with van der Waals surface area (Å²) in [5, 5.41) is 3.52. The molecule has 2 nitrogen and oxygen atoms in total. The fourth-order valence-corrected chi connectivity index (χ4v) is 3.03. The number of piperidine rings is 1. The first-order valence-corrected chi connectivity index (χ1v) is 7.89. The summed E-state index contributed by atoms with van der Waals surface area (Å²) in [5.41, 5.74) is 1.48. The van der Waals surface area contributed by atoms with Gasteiger partial charge >= 0.3 is 0 Å². The number of hydrogen-bond acceptors (Lipinski definition) is 2. The molecule has 0 radical (unpaired) electrons. The van der Waals surface area contributed by atoms with E-state index in [1.807, 2.05) is 0 Å². The lowest BCUT2D eigenvalue weighted by molar-refractivity contribution is 0.171. The summed E-state index contributed by atoms with van der Waals surface area (Å²) in [6.45, 7) is 7.15. The third-order valence-corrected chi connectivity index (χ3v) is 4.20. The maximum atomic E-state index is 3.52. The fraction of sp³-hybridized carbons (Fsp3) is 0.647. The van der Waals surface area contributed by atoms with E-state index in [2.05, 4.69) is 47.5 Å². The van der Waals surface area contributed by atoms with Crippen molar-refractivity contribution < 1.29 is 0 Å². The molecule has 1 aliphatic rings. The minimum Gasteiger partial charge on any atom is -0.315 e. The highest BCUT2D eigenvalue weighted by Crippen LogP contribution is 2.12. The van der Waals surface area contributed by atoms with Crippen molar-refractivity contribution in [1.29, 1.82) is 0 Å². The molecule has 1 saturated heterocycles. The van der Waals surface area contributed by atoms with E-state index >= 15 is 0 Å². The van der Waals surface area contributed by atoms with Crippen LogP contribution in [0.5, 0.6) is 0 Å². The normalized spacial score (nSPS) is 19.8. The summed E-state index contributed by atoms with van der Waals surface area (Å²) < 4.78 is 0. The quantitative estimate of drug-likeness (QED) is 0.758. The first-order valence-electron chi connectivity index (χ1n) is 7.89. The number of hydrogen-bond donors (Lipinski definition) is 1. The fourth-order valence-electron chi connectivity index (χ4n) is 3.03. The van der Waals surface area contributed by atoms with E-state index in [9.17, 15) is 0 Å². The zero-order valence-electron chi connectivity index (χ0n) is 12.3. The predicted molar refractivity (Wildman–Crippen MR) is 82.5 cm³/mol. The van der Waals surface area contributed by atoms with Gasteiger partial charge in [-0.1, -0.05) is 37.3 Å². The zero-order valence-corrected chi connectivity index (χ0v) is 12.3. The molecule has 106 valence electrons. The van der Waals surface area contributed by atoms with Gasteiger partial charge < -0.3 is 5.32 Å². The molecule has 2 rings (SSSR count). The highest BCUT2D eigenvalue weighted by atomic mass is 15.2. The summed E-state index contributed by atoms with van der Waals surface area (Å²) in [6, 6.07) is 11.6. The topological polar surface area (TPSA) is 15.3 Å². The number of benzene rings is 1. The van der Waals surface area contributed by atoms with E-state index in [1.54, 1.807) is 0 Å². The molecule has 1 N–H and O–H groups in total. The van der Waals surface area contributed by atoms with E-state index in [0.717, 1.165) is 6.04 Å². The number of nitrogens with one attached hydrogen (secondary N) is 1. The Morgan fingerprint density at radius 2 is 2.05 bits per heavy atom. The van der Waals surface area contributed by atoms with Gasteiger partial charge in [-0.25, -0.2) is 0 Å². The molecule has 0 aliphatic carbocycles. The molecule has 1 fully saturated rings. The van der Waals surface area contributed by atoms with Gasteiger partial charge in [-0.3, -0.25) is 4.90 Å². The average molecular weight is 260 g/mol. The summed E-state index contributed by atoms with van der Waals surface area (Å²) in [5.74, 6) is 0. The summed E-state index contributed by atoms with van der Waals surface area (Å²) >= 11 is 0. The molecule has 0 amide bonds. The number of aryl methyl sites for hydroxylation is 1. The summed E-state index contributed by atoms with van der Waals surface area (Å²) in [4.78, 5) is 2.66. The Labute approximate surface area is 118 Å². The highest BCUT2D eigenvalue weighted by Gasteiger charge is 2.18. The first-order chi connectivity index (χ1) is 9.40. The Kier molecular flexibility index (Phi) is 6.38. The van der Waals surface area contributed by atoms with Gasteiger partial charge in [-0.15, -0.1) is 0 Å². The largest absolute Gasteiger partial charge is 0.315 e. The van der Waals surface area contributed by atoms with Crippen molar-refractivity contribution in [3.8, 4) is 0 Å². The summed E-state index contributed by atoms with van der Waals surface area (Å²) in [7, 11) is 0. The van der Waals surface area contributed by atoms with Gasteiger partial charge in [0.25, 0.3) is 0 Å². The SMILES string of the molecule is CCN(CCCCc1ccccc1)C1CCCNC1. The van der Waals surface area contributed by atoms with Crippen molar-refractivity contribution in [3.63, 3.8) is 0 Å². The zero-order chi connectivity index (χ0) is 13.3. The highest BCUT2D eigenvalue weighted by molar-refractivity contribution is 5.14. The monoisotopic (exact) mass is 260 g/mol. The molecule has 1 aliphatic heterocycles. The van der Waals surface area contributed by atoms with Gasteiger partial charge in [0.2, 0.25) is 0 Å². The van der Waals surface area contributed by atoms with Crippen LogP contribution in [0, 0.1) is 0 Å². The number of likely N-dealkylation sites (N-methyl/N-ethyl adjacent to an activating group) is 1. The van der Waals surface area contributed by atoms with Crippen molar-refractivity contribution in [2.24, 2.45) is 0 Å². The van der Waals surface area contributed by atoms with E-state index in [4.69, 9.17) is 0 Å².